The third-order valence-corrected chi connectivity index (χ3v) is 6.93. The maximum atomic E-state index is 13.6. The van der Waals surface area contributed by atoms with Crippen molar-refractivity contribution >= 4 is 0 Å². The fraction of sp³-hybridized carbons (Fsp3) is 0.385. The van der Waals surface area contributed by atoms with Crippen LogP contribution in [0, 0.1) is 5.82 Å². The van der Waals surface area contributed by atoms with Crippen molar-refractivity contribution < 1.29 is 9.50 Å². The van der Waals surface area contributed by atoms with Crippen molar-refractivity contribution in [1.82, 2.24) is 19.8 Å². The van der Waals surface area contributed by atoms with E-state index < -0.39 is 0 Å². The number of benzene rings is 2. The molecule has 5 rings (SSSR count). The first-order valence-electron chi connectivity index (χ1n) is 11.4. The van der Waals surface area contributed by atoms with Crippen molar-refractivity contribution in [2.75, 3.05) is 26.2 Å². The Morgan fingerprint density at radius 2 is 1.75 bits per heavy atom. The average molecular weight is 433 g/mol. The average Bonchev–Trinajstić information content (AvgIpc) is 2.81. The summed E-state index contributed by atoms with van der Waals surface area (Å²) < 4.78 is 13.6. The van der Waals surface area contributed by atoms with E-state index in [2.05, 4.69) is 44.0 Å². The quantitative estimate of drug-likeness (QED) is 0.666. The van der Waals surface area contributed by atoms with Crippen LogP contribution in [0.15, 0.2) is 67.3 Å². The molecule has 6 heteroatoms. The van der Waals surface area contributed by atoms with Gasteiger partial charge in [-0.05, 0) is 54.8 Å². The van der Waals surface area contributed by atoms with Gasteiger partial charge >= 0.3 is 0 Å². The molecule has 2 saturated heterocycles. The van der Waals surface area contributed by atoms with Crippen LogP contribution in [0.2, 0.25) is 0 Å². The molecule has 0 unspecified atom stereocenters. The normalized spacial score (nSPS) is 24.2. The Balaban J connectivity index is 1.36. The summed E-state index contributed by atoms with van der Waals surface area (Å²) in [5.41, 5.74) is 4.27. The van der Waals surface area contributed by atoms with Gasteiger partial charge in [-0.15, -0.1) is 0 Å². The highest BCUT2D eigenvalue weighted by Crippen LogP contribution is 2.42. The third-order valence-electron chi connectivity index (χ3n) is 6.93. The standard InChI is InChI=1S/C26H29FN4O/c27-23-5-3-4-22(12-23)20-6-8-21(9-7-20)26-24-16-30(15-19-13-28-18-29-14-19)10-1-2-11-31(24)25(26)17-32/h3-9,12-14,18,24-26,32H,1-2,10-11,15-17H2/t24-,25-,26-/m0/s1. The number of fused-ring (bicyclic) bond motifs is 1. The fourth-order valence-corrected chi connectivity index (χ4v) is 5.39. The van der Waals surface area contributed by atoms with Crippen molar-refractivity contribution in [1.29, 1.82) is 0 Å². The molecule has 3 atom stereocenters. The van der Waals surface area contributed by atoms with Gasteiger partial charge in [0.15, 0.2) is 0 Å². The molecule has 0 saturated carbocycles. The molecule has 2 aromatic carbocycles. The molecule has 0 aliphatic carbocycles. The molecule has 3 heterocycles. The summed E-state index contributed by atoms with van der Waals surface area (Å²) in [5, 5.41) is 10.2. The van der Waals surface area contributed by atoms with Gasteiger partial charge in [0.05, 0.1) is 6.61 Å². The Kier molecular flexibility index (Phi) is 6.26. The zero-order chi connectivity index (χ0) is 21.9. The Morgan fingerprint density at radius 3 is 2.50 bits per heavy atom. The predicted molar refractivity (Wildman–Crippen MR) is 122 cm³/mol. The van der Waals surface area contributed by atoms with Crippen molar-refractivity contribution in [2.24, 2.45) is 0 Å². The lowest BCUT2D eigenvalue weighted by atomic mass is 9.74. The number of hydrogen-bond acceptors (Lipinski definition) is 5. The predicted octanol–water partition coefficient (Wildman–Crippen LogP) is 3.71. The van der Waals surface area contributed by atoms with E-state index in [0.717, 1.165) is 55.7 Å². The minimum absolute atomic E-state index is 0.153. The van der Waals surface area contributed by atoms with Crippen LogP contribution in [-0.4, -0.2) is 63.2 Å². The molecule has 2 fully saturated rings. The van der Waals surface area contributed by atoms with E-state index in [-0.39, 0.29) is 24.4 Å². The minimum Gasteiger partial charge on any atom is -0.395 e. The molecule has 0 spiro atoms. The molecule has 166 valence electrons. The summed E-state index contributed by atoms with van der Waals surface area (Å²) in [6.45, 7) is 4.07. The topological polar surface area (TPSA) is 52.5 Å². The zero-order valence-corrected chi connectivity index (χ0v) is 18.1. The second-order valence-electron chi connectivity index (χ2n) is 8.90. The lowest BCUT2D eigenvalue weighted by molar-refractivity contribution is -0.0655. The van der Waals surface area contributed by atoms with Crippen molar-refractivity contribution in [3.8, 4) is 11.1 Å². The molecule has 1 N–H and O–H groups in total. The van der Waals surface area contributed by atoms with E-state index in [1.807, 2.05) is 18.5 Å². The first-order valence-corrected chi connectivity index (χ1v) is 11.4. The lowest BCUT2D eigenvalue weighted by Crippen LogP contribution is -2.67. The number of aromatic nitrogens is 2. The van der Waals surface area contributed by atoms with Gasteiger partial charge in [-0.2, -0.15) is 0 Å². The third kappa shape index (κ3) is 4.31. The Bertz CT molecular complexity index is 1030. The molecule has 0 radical (unpaired) electrons. The van der Waals surface area contributed by atoms with E-state index >= 15 is 0 Å². The van der Waals surface area contributed by atoms with Gasteiger partial charge in [0.2, 0.25) is 0 Å². The molecule has 5 nitrogen and oxygen atoms in total. The highest BCUT2D eigenvalue weighted by Gasteiger charge is 2.49. The SMILES string of the molecule is OC[C@H]1[C@@H](c2ccc(-c3cccc(F)c3)cc2)[C@@H]2CN(Cc3cncnc3)CCCCN12. The van der Waals surface area contributed by atoms with Gasteiger partial charge in [0.25, 0.3) is 0 Å². The number of nitrogens with zero attached hydrogens (tertiary/aromatic N) is 4. The summed E-state index contributed by atoms with van der Waals surface area (Å²) in [6.07, 6.45) is 7.65. The number of hydrogen-bond donors (Lipinski definition) is 1. The van der Waals surface area contributed by atoms with Crippen LogP contribution in [0.5, 0.6) is 0 Å². The van der Waals surface area contributed by atoms with Crippen molar-refractivity contribution in [2.45, 2.75) is 37.4 Å². The second kappa shape index (κ2) is 9.45. The smallest absolute Gasteiger partial charge is 0.123 e. The minimum atomic E-state index is -0.222. The van der Waals surface area contributed by atoms with E-state index in [0.29, 0.717) is 6.04 Å². The van der Waals surface area contributed by atoms with Crippen LogP contribution in [0.4, 0.5) is 4.39 Å². The van der Waals surface area contributed by atoms with Crippen LogP contribution in [0.1, 0.15) is 29.9 Å². The first kappa shape index (κ1) is 21.2. The summed E-state index contributed by atoms with van der Waals surface area (Å²) in [4.78, 5) is 13.3. The van der Waals surface area contributed by atoms with Gasteiger partial charge in [0.1, 0.15) is 12.1 Å². The molecule has 0 bridgehead atoms. The first-order chi connectivity index (χ1) is 15.7. The number of rotatable bonds is 5. The Hall–Kier alpha value is -2.67. The van der Waals surface area contributed by atoms with Crippen LogP contribution < -0.4 is 0 Å². The van der Waals surface area contributed by atoms with Crippen LogP contribution >= 0.6 is 0 Å². The summed E-state index contributed by atoms with van der Waals surface area (Å²) in [5.74, 6) is 0.0640. The van der Waals surface area contributed by atoms with Gasteiger partial charge < -0.3 is 5.11 Å². The van der Waals surface area contributed by atoms with Crippen molar-refractivity contribution in [3.05, 3.63) is 84.2 Å². The highest BCUT2D eigenvalue weighted by atomic mass is 19.1. The van der Waals surface area contributed by atoms with Crippen LogP contribution in [-0.2, 0) is 6.54 Å². The van der Waals surface area contributed by atoms with Crippen LogP contribution in [0.3, 0.4) is 0 Å². The molecule has 1 aromatic heterocycles. The Labute approximate surface area is 188 Å². The zero-order valence-electron chi connectivity index (χ0n) is 18.1. The lowest BCUT2D eigenvalue weighted by Gasteiger charge is -2.57. The largest absolute Gasteiger partial charge is 0.395 e. The summed E-state index contributed by atoms with van der Waals surface area (Å²) in [6, 6.07) is 15.7. The van der Waals surface area contributed by atoms with Gasteiger partial charge in [-0.3, -0.25) is 9.80 Å². The molecular formula is C26H29FN4O. The molecule has 2 aliphatic rings. The van der Waals surface area contributed by atoms with E-state index in [9.17, 15) is 9.50 Å². The maximum absolute atomic E-state index is 13.6. The summed E-state index contributed by atoms with van der Waals surface area (Å²) in [7, 11) is 0. The number of halogens is 1. The summed E-state index contributed by atoms with van der Waals surface area (Å²) >= 11 is 0. The van der Waals surface area contributed by atoms with Gasteiger partial charge in [-0.25, -0.2) is 14.4 Å². The maximum Gasteiger partial charge on any atom is 0.123 e. The molecule has 2 aliphatic heterocycles. The molecule has 0 amide bonds. The van der Waals surface area contributed by atoms with E-state index in [1.54, 1.807) is 18.5 Å². The molecular weight excluding hydrogens is 403 g/mol. The van der Waals surface area contributed by atoms with Gasteiger partial charge in [0, 0.05) is 49.0 Å². The number of aliphatic hydroxyl groups is 1. The number of aliphatic hydroxyl groups excluding tert-OH is 1. The van der Waals surface area contributed by atoms with Gasteiger partial charge in [-0.1, -0.05) is 36.4 Å². The fourth-order valence-electron chi connectivity index (χ4n) is 5.39. The highest BCUT2D eigenvalue weighted by molar-refractivity contribution is 5.63. The second-order valence-corrected chi connectivity index (χ2v) is 8.90. The Morgan fingerprint density at radius 1 is 0.969 bits per heavy atom. The molecule has 32 heavy (non-hydrogen) atoms. The van der Waals surface area contributed by atoms with E-state index in [1.165, 1.54) is 11.6 Å². The monoisotopic (exact) mass is 432 g/mol. The van der Waals surface area contributed by atoms with E-state index in [4.69, 9.17) is 0 Å². The van der Waals surface area contributed by atoms with Crippen molar-refractivity contribution in [3.63, 3.8) is 0 Å². The molecule has 3 aromatic rings. The van der Waals surface area contributed by atoms with Crippen LogP contribution in [0.25, 0.3) is 11.1 Å².